The summed E-state index contributed by atoms with van der Waals surface area (Å²) >= 11 is 0.783. The lowest BCUT2D eigenvalue weighted by Gasteiger charge is -2.33. The van der Waals surface area contributed by atoms with Crippen molar-refractivity contribution >= 4 is 34.9 Å². The number of hydrogen-bond acceptors (Lipinski definition) is 9. The Bertz CT molecular complexity index is 1080. The molecule has 3 amide bonds. The van der Waals surface area contributed by atoms with Gasteiger partial charge in [-0.3, -0.25) is 14.4 Å². The van der Waals surface area contributed by atoms with E-state index in [0.717, 1.165) is 37.2 Å². The van der Waals surface area contributed by atoms with E-state index < -0.39 is 17.9 Å². The average Bonchev–Trinajstić information content (AvgIpc) is 3.65. The minimum absolute atomic E-state index is 0.0484. The zero-order chi connectivity index (χ0) is 25.7. The van der Waals surface area contributed by atoms with E-state index in [0.29, 0.717) is 31.1 Å². The molecule has 1 aromatic carbocycles. The molecule has 3 atom stereocenters. The summed E-state index contributed by atoms with van der Waals surface area (Å²) in [5.41, 5.74) is 11.8. The van der Waals surface area contributed by atoms with Crippen LogP contribution in [0.1, 0.15) is 57.4 Å². The van der Waals surface area contributed by atoms with Crippen LogP contribution < -0.4 is 21.5 Å². The van der Waals surface area contributed by atoms with Crippen LogP contribution in [0, 0.1) is 0 Å². The molecule has 2 fully saturated rings. The highest BCUT2D eigenvalue weighted by molar-refractivity contribution is 7.09. The molecule has 1 aromatic heterocycles. The van der Waals surface area contributed by atoms with Gasteiger partial charge in [0.25, 0.3) is 11.8 Å². The lowest BCUT2D eigenvalue weighted by Crippen LogP contribution is -2.47. The van der Waals surface area contributed by atoms with Crippen LogP contribution in [0.15, 0.2) is 24.3 Å². The minimum Gasteiger partial charge on any atom is -0.497 e. The van der Waals surface area contributed by atoms with E-state index in [9.17, 15) is 14.4 Å². The topological polar surface area (TPSA) is 159 Å². The number of ether oxygens (including phenoxy) is 3. The largest absolute Gasteiger partial charge is 0.497 e. The number of nitrogens with one attached hydrogen (secondary N) is 1. The Labute approximate surface area is 213 Å². The van der Waals surface area contributed by atoms with Crippen molar-refractivity contribution in [2.24, 2.45) is 5.73 Å². The third-order valence-electron chi connectivity index (χ3n) is 6.36. The Kier molecular flexibility index (Phi) is 8.39. The van der Waals surface area contributed by atoms with Gasteiger partial charge in [0, 0.05) is 26.3 Å². The number of nitrogens with two attached hydrogens (primary N) is 2. The predicted octanol–water partition coefficient (Wildman–Crippen LogP) is 1.49. The summed E-state index contributed by atoms with van der Waals surface area (Å²) in [4.78, 5) is 40.7. The van der Waals surface area contributed by atoms with Gasteiger partial charge < -0.3 is 35.9 Å². The van der Waals surface area contributed by atoms with E-state index in [1.54, 1.807) is 31.4 Å². The second kappa shape index (κ2) is 11.7. The number of anilines is 1. The fourth-order valence-corrected chi connectivity index (χ4v) is 5.21. The molecule has 4 rings (SSSR count). The van der Waals surface area contributed by atoms with Crippen molar-refractivity contribution in [2.75, 3.05) is 39.1 Å². The number of nitrogens with zero attached hydrogens (tertiary/aromatic N) is 2. The number of carbonyl (C=O) groups is 3. The Morgan fingerprint density at radius 1 is 1.17 bits per heavy atom. The lowest BCUT2D eigenvalue weighted by atomic mass is 10.0. The highest BCUT2D eigenvalue weighted by atomic mass is 32.1. The number of carbonyl (C=O) groups excluding carboxylic acids is 3. The lowest BCUT2D eigenvalue weighted by molar-refractivity contribution is -0.126. The first kappa shape index (κ1) is 25.9. The zero-order valence-electron chi connectivity index (χ0n) is 20.1. The van der Waals surface area contributed by atoms with Gasteiger partial charge >= 0.3 is 0 Å². The smallest absolute Gasteiger partial charge is 0.270 e. The zero-order valence-corrected chi connectivity index (χ0v) is 20.9. The van der Waals surface area contributed by atoms with E-state index in [-0.39, 0.29) is 40.9 Å². The molecule has 36 heavy (non-hydrogen) atoms. The van der Waals surface area contributed by atoms with Crippen molar-refractivity contribution in [2.45, 2.75) is 43.9 Å². The quantitative estimate of drug-likeness (QED) is 0.427. The van der Waals surface area contributed by atoms with E-state index in [1.165, 1.54) is 4.90 Å². The molecular weight excluding hydrogens is 486 g/mol. The van der Waals surface area contributed by atoms with Gasteiger partial charge in [0.2, 0.25) is 5.91 Å². The maximum Gasteiger partial charge on any atom is 0.270 e. The van der Waals surface area contributed by atoms with Gasteiger partial charge in [0.1, 0.15) is 16.7 Å². The molecule has 2 aliphatic rings. The van der Waals surface area contributed by atoms with E-state index >= 15 is 0 Å². The van der Waals surface area contributed by atoms with Gasteiger partial charge in [-0.2, -0.15) is 4.37 Å². The molecule has 12 heteroatoms. The van der Waals surface area contributed by atoms with Crippen molar-refractivity contribution in [3.63, 3.8) is 0 Å². The molecule has 11 nitrogen and oxygen atoms in total. The number of methoxy groups -OCH3 is 1. The first-order chi connectivity index (χ1) is 17.4. The third kappa shape index (κ3) is 5.77. The fraction of sp³-hybridized carbons (Fsp3) is 0.500. The van der Waals surface area contributed by atoms with Crippen LogP contribution in [0.5, 0.6) is 5.75 Å². The number of rotatable bonds is 10. The second-order valence-electron chi connectivity index (χ2n) is 8.79. The van der Waals surface area contributed by atoms with Crippen LogP contribution in [-0.4, -0.2) is 72.6 Å². The van der Waals surface area contributed by atoms with Crippen molar-refractivity contribution in [1.82, 2.24) is 14.6 Å². The van der Waals surface area contributed by atoms with Gasteiger partial charge in [-0.25, -0.2) is 0 Å². The van der Waals surface area contributed by atoms with Crippen LogP contribution >= 0.6 is 11.5 Å². The standard InChI is InChI=1S/C24H31N5O6S/c1-33-15-8-6-14(7-9-15)20(23(31)27-12-16-4-2-10-34-16)29(13-17-5-3-11-35-17)24(32)21-18(25)19(22(26)30)28-36-21/h6-9,16-17,20H,2-5,10-13,25H2,1H3,(H2,26,30)(H,27,31)/t16-,17-,20-/m0/s1. The fourth-order valence-electron chi connectivity index (χ4n) is 4.45. The van der Waals surface area contributed by atoms with Gasteiger partial charge in [-0.1, -0.05) is 12.1 Å². The molecule has 194 valence electrons. The van der Waals surface area contributed by atoms with Gasteiger partial charge in [-0.05, 0) is 54.9 Å². The summed E-state index contributed by atoms with van der Waals surface area (Å²) in [6.45, 7) is 1.74. The van der Waals surface area contributed by atoms with Crippen LogP contribution in [0.2, 0.25) is 0 Å². The normalized spacial score (nSPS) is 20.1. The first-order valence-corrected chi connectivity index (χ1v) is 12.7. The van der Waals surface area contributed by atoms with E-state index in [4.69, 9.17) is 25.7 Å². The summed E-state index contributed by atoms with van der Waals surface area (Å²) in [5.74, 6) is -1.09. The molecule has 5 N–H and O–H groups in total. The van der Waals surface area contributed by atoms with E-state index in [2.05, 4.69) is 9.69 Å². The maximum atomic E-state index is 13.9. The summed E-state index contributed by atoms with van der Waals surface area (Å²) in [6.07, 6.45) is 3.10. The number of benzene rings is 1. The summed E-state index contributed by atoms with van der Waals surface area (Å²) < 4.78 is 20.7. The van der Waals surface area contributed by atoms with Crippen LogP contribution in [0.3, 0.4) is 0 Å². The molecule has 0 radical (unpaired) electrons. The van der Waals surface area contributed by atoms with Crippen molar-refractivity contribution in [3.05, 3.63) is 40.4 Å². The number of aromatic nitrogens is 1. The van der Waals surface area contributed by atoms with Gasteiger partial charge in [0.15, 0.2) is 5.69 Å². The molecule has 2 aromatic rings. The number of amides is 3. The molecule has 0 saturated carbocycles. The van der Waals surface area contributed by atoms with E-state index in [1.807, 2.05) is 0 Å². The molecule has 0 unspecified atom stereocenters. The number of primary amides is 1. The number of nitrogen functional groups attached to an aromatic ring is 1. The number of hydrogen-bond donors (Lipinski definition) is 3. The molecule has 0 bridgehead atoms. The molecule has 0 aliphatic carbocycles. The van der Waals surface area contributed by atoms with Crippen molar-refractivity contribution < 1.29 is 28.6 Å². The Morgan fingerprint density at radius 3 is 2.39 bits per heavy atom. The maximum absolute atomic E-state index is 13.9. The van der Waals surface area contributed by atoms with Crippen LogP contribution in [0.25, 0.3) is 0 Å². The third-order valence-corrected chi connectivity index (χ3v) is 7.21. The van der Waals surface area contributed by atoms with Gasteiger partial charge in [-0.15, -0.1) is 0 Å². The Hall–Kier alpha value is -3.22. The Morgan fingerprint density at radius 2 is 1.83 bits per heavy atom. The highest BCUT2D eigenvalue weighted by Crippen LogP contribution is 2.31. The predicted molar refractivity (Wildman–Crippen MR) is 133 cm³/mol. The van der Waals surface area contributed by atoms with Crippen LogP contribution in [0.4, 0.5) is 5.69 Å². The van der Waals surface area contributed by atoms with Gasteiger partial charge in [0.05, 0.1) is 25.0 Å². The molecule has 0 spiro atoms. The van der Waals surface area contributed by atoms with Crippen molar-refractivity contribution in [3.8, 4) is 5.75 Å². The SMILES string of the molecule is COc1ccc([C@@H](C(=O)NC[C@@H]2CCCO2)N(C[C@@H]2CCCO2)C(=O)c2snc(C(N)=O)c2N)cc1. The second-order valence-corrected chi connectivity index (χ2v) is 9.56. The minimum atomic E-state index is -0.993. The monoisotopic (exact) mass is 517 g/mol. The van der Waals surface area contributed by atoms with Crippen molar-refractivity contribution in [1.29, 1.82) is 0 Å². The summed E-state index contributed by atoms with van der Waals surface area (Å²) in [6, 6.07) is 5.96. The van der Waals surface area contributed by atoms with Crippen LogP contribution in [-0.2, 0) is 14.3 Å². The average molecular weight is 518 g/mol. The molecule has 3 heterocycles. The Balaban J connectivity index is 1.70. The highest BCUT2D eigenvalue weighted by Gasteiger charge is 2.37. The molecule has 2 saturated heterocycles. The summed E-state index contributed by atoms with van der Waals surface area (Å²) in [5, 5.41) is 2.95. The molecule has 2 aliphatic heterocycles. The first-order valence-electron chi connectivity index (χ1n) is 11.9. The summed E-state index contributed by atoms with van der Waals surface area (Å²) in [7, 11) is 1.55. The molecular formula is C24H31N5O6S.